The van der Waals surface area contributed by atoms with Gasteiger partial charge in [-0.2, -0.15) is 13.2 Å². The molecular formula is C23H18F3N3O. The highest BCUT2D eigenvalue weighted by atomic mass is 19.4. The van der Waals surface area contributed by atoms with Gasteiger partial charge in [-0.15, -0.1) is 0 Å². The molecule has 1 aliphatic carbocycles. The van der Waals surface area contributed by atoms with E-state index in [1.54, 1.807) is 4.90 Å². The van der Waals surface area contributed by atoms with E-state index >= 15 is 0 Å². The fourth-order valence-electron chi connectivity index (χ4n) is 4.11. The molecule has 0 saturated heterocycles. The molecule has 0 radical (unpaired) electrons. The molecule has 1 aliphatic heterocycles. The quantitative estimate of drug-likeness (QED) is 0.597. The van der Waals surface area contributed by atoms with E-state index in [0.717, 1.165) is 53.9 Å². The van der Waals surface area contributed by atoms with E-state index in [9.17, 15) is 18.0 Å². The maximum Gasteiger partial charge on any atom is 0.416 e. The highest BCUT2D eigenvalue weighted by molar-refractivity contribution is 6.04. The van der Waals surface area contributed by atoms with Crippen LogP contribution in [0.2, 0.25) is 0 Å². The highest BCUT2D eigenvalue weighted by Gasteiger charge is 2.31. The molecule has 3 aromatic rings. The van der Waals surface area contributed by atoms with E-state index < -0.39 is 11.7 Å². The maximum absolute atomic E-state index is 13.0. The van der Waals surface area contributed by atoms with Gasteiger partial charge in [0.25, 0.3) is 0 Å². The lowest BCUT2D eigenvalue weighted by Gasteiger charge is -2.20. The van der Waals surface area contributed by atoms with Crippen molar-refractivity contribution < 1.29 is 18.0 Å². The first-order valence-electron chi connectivity index (χ1n) is 9.78. The Morgan fingerprint density at radius 3 is 2.70 bits per heavy atom. The second-order valence-electron chi connectivity index (χ2n) is 7.55. The largest absolute Gasteiger partial charge is 0.416 e. The molecule has 5 rings (SSSR count). The Hall–Kier alpha value is -3.35. The molecular weight excluding hydrogens is 391 g/mol. The fourth-order valence-corrected chi connectivity index (χ4v) is 4.11. The monoisotopic (exact) mass is 409 g/mol. The normalized spacial score (nSPS) is 17.0. The number of hydrogen-bond acceptors (Lipinski definition) is 2. The van der Waals surface area contributed by atoms with Crippen molar-refractivity contribution in [1.82, 2.24) is 9.97 Å². The van der Waals surface area contributed by atoms with Gasteiger partial charge in [-0.25, -0.2) is 4.98 Å². The van der Waals surface area contributed by atoms with E-state index in [2.05, 4.69) is 9.97 Å². The number of carbonyl (C=O) groups excluding carboxylic acids is 1. The van der Waals surface area contributed by atoms with Crippen LogP contribution in [0.1, 0.15) is 36.2 Å². The summed E-state index contributed by atoms with van der Waals surface area (Å²) < 4.78 is 38.9. The predicted molar refractivity (Wildman–Crippen MR) is 109 cm³/mol. The maximum atomic E-state index is 13.0. The van der Waals surface area contributed by atoms with E-state index in [-0.39, 0.29) is 5.91 Å². The van der Waals surface area contributed by atoms with Gasteiger partial charge < -0.3 is 4.98 Å². The molecule has 0 fully saturated rings. The van der Waals surface area contributed by atoms with Gasteiger partial charge >= 0.3 is 6.18 Å². The summed E-state index contributed by atoms with van der Waals surface area (Å²) >= 11 is 0. The van der Waals surface area contributed by atoms with Crippen molar-refractivity contribution >= 4 is 28.2 Å². The lowest BCUT2D eigenvalue weighted by Crippen LogP contribution is -2.25. The molecule has 1 amide bonds. The van der Waals surface area contributed by atoms with Crippen LogP contribution >= 0.6 is 0 Å². The third-order valence-electron chi connectivity index (χ3n) is 5.58. The van der Waals surface area contributed by atoms with E-state index in [1.165, 1.54) is 6.07 Å². The first-order chi connectivity index (χ1) is 14.4. The first kappa shape index (κ1) is 18.7. The van der Waals surface area contributed by atoms with Gasteiger partial charge in [0.1, 0.15) is 5.82 Å². The van der Waals surface area contributed by atoms with Crippen LogP contribution in [0, 0.1) is 0 Å². The molecule has 4 nitrogen and oxygen atoms in total. The number of amides is 1. The molecule has 2 heterocycles. The fraction of sp³-hybridized carbons (Fsp3) is 0.217. The third kappa shape index (κ3) is 3.20. The highest BCUT2D eigenvalue weighted by Crippen LogP contribution is 2.36. The molecule has 7 heteroatoms. The van der Waals surface area contributed by atoms with Crippen molar-refractivity contribution in [1.29, 1.82) is 0 Å². The molecule has 0 unspecified atom stereocenters. The number of nitrogens with one attached hydrogen (secondary N) is 1. The lowest BCUT2D eigenvalue weighted by atomic mass is 10.1. The van der Waals surface area contributed by atoms with Gasteiger partial charge in [-0.1, -0.05) is 24.3 Å². The number of alkyl halides is 3. The van der Waals surface area contributed by atoms with Gasteiger partial charge in [0.05, 0.1) is 28.7 Å². The van der Waals surface area contributed by atoms with Gasteiger partial charge in [-0.05, 0) is 60.7 Å². The Morgan fingerprint density at radius 1 is 1.03 bits per heavy atom. The molecule has 2 aromatic carbocycles. The van der Waals surface area contributed by atoms with Crippen LogP contribution in [0.4, 0.5) is 18.9 Å². The molecule has 0 saturated carbocycles. The number of para-hydroxylation sites is 1. The van der Waals surface area contributed by atoms with E-state index in [1.807, 2.05) is 36.4 Å². The number of hydrogen-bond donors (Lipinski definition) is 1. The van der Waals surface area contributed by atoms with Crippen molar-refractivity contribution in [2.24, 2.45) is 0 Å². The predicted octanol–water partition coefficient (Wildman–Crippen LogP) is 5.62. The van der Waals surface area contributed by atoms with Crippen LogP contribution in [0.15, 0.2) is 60.3 Å². The zero-order valence-electron chi connectivity index (χ0n) is 16.0. The van der Waals surface area contributed by atoms with Gasteiger partial charge in [0.2, 0.25) is 5.91 Å². The molecule has 152 valence electrons. The number of aromatic nitrogens is 2. The van der Waals surface area contributed by atoms with Crippen LogP contribution in [0.5, 0.6) is 0 Å². The number of carbonyl (C=O) groups is 1. The summed E-state index contributed by atoms with van der Waals surface area (Å²) in [5.41, 5.74) is 3.94. The minimum absolute atomic E-state index is 0.0581. The van der Waals surface area contributed by atoms with Gasteiger partial charge in [0.15, 0.2) is 0 Å². The van der Waals surface area contributed by atoms with Crippen molar-refractivity contribution in [3.63, 3.8) is 0 Å². The summed E-state index contributed by atoms with van der Waals surface area (Å²) in [5.74, 6) is 0.623. The number of benzene rings is 2. The van der Waals surface area contributed by atoms with Gasteiger partial charge in [0, 0.05) is 5.70 Å². The SMILES string of the molecule is O=C1Cc2ccccc2N1C1=CC=C(c2nc3ccc(C(F)(F)F)cc3[nH]2)CCC1. The minimum Gasteiger partial charge on any atom is -0.338 e. The number of anilines is 1. The Morgan fingerprint density at radius 2 is 1.87 bits per heavy atom. The summed E-state index contributed by atoms with van der Waals surface area (Å²) in [7, 11) is 0. The standard InChI is InChI=1S/C23H18F3N3O/c24-23(25,26)16-9-11-18-19(13-16)28-22(27-18)14-5-3-6-17(10-8-14)29-20-7-2-1-4-15(20)12-21(29)30/h1-2,4,7-11,13H,3,5-6,12H2,(H,27,28). The number of fused-ring (bicyclic) bond motifs is 2. The number of halogens is 3. The smallest absolute Gasteiger partial charge is 0.338 e. The zero-order chi connectivity index (χ0) is 20.9. The Balaban J connectivity index is 1.48. The molecule has 30 heavy (non-hydrogen) atoms. The van der Waals surface area contributed by atoms with Crippen molar-refractivity contribution in [2.45, 2.75) is 31.9 Å². The number of aromatic amines is 1. The molecule has 1 N–H and O–H groups in total. The minimum atomic E-state index is -4.39. The number of rotatable bonds is 2. The Labute approximate surface area is 170 Å². The Bertz CT molecular complexity index is 1220. The van der Waals surface area contributed by atoms with Crippen LogP contribution in [0.3, 0.4) is 0 Å². The second kappa shape index (κ2) is 6.86. The van der Waals surface area contributed by atoms with Crippen molar-refractivity contribution in [3.8, 4) is 0 Å². The molecule has 1 aromatic heterocycles. The summed E-state index contributed by atoms with van der Waals surface area (Å²) in [6.07, 6.45) is 2.12. The summed E-state index contributed by atoms with van der Waals surface area (Å²) in [4.78, 5) is 21.9. The average Bonchev–Trinajstić information content (AvgIpc) is 3.18. The average molecular weight is 409 g/mol. The second-order valence-corrected chi connectivity index (χ2v) is 7.55. The van der Waals surface area contributed by atoms with E-state index in [0.29, 0.717) is 23.3 Å². The third-order valence-corrected chi connectivity index (χ3v) is 5.58. The van der Waals surface area contributed by atoms with Gasteiger partial charge in [-0.3, -0.25) is 9.69 Å². The summed E-state index contributed by atoms with van der Waals surface area (Å²) in [5, 5.41) is 0. The van der Waals surface area contributed by atoms with E-state index in [4.69, 9.17) is 0 Å². The number of H-pyrrole nitrogens is 1. The molecule has 0 atom stereocenters. The molecule has 0 spiro atoms. The zero-order valence-corrected chi connectivity index (χ0v) is 16.0. The molecule has 2 aliphatic rings. The van der Waals surface area contributed by atoms with Crippen LogP contribution in [0.25, 0.3) is 16.6 Å². The number of nitrogens with zero attached hydrogens (tertiary/aromatic N) is 2. The van der Waals surface area contributed by atoms with Crippen LogP contribution in [-0.4, -0.2) is 15.9 Å². The van der Waals surface area contributed by atoms with Crippen LogP contribution in [-0.2, 0) is 17.4 Å². The van der Waals surface area contributed by atoms with Crippen molar-refractivity contribution in [2.75, 3.05) is 4.90 Å². The van der Waals surface area contributed by atoms with Crippen LogP contribution < -0.4 is 4.90 Å². The number of imidazole rings is 1. The molecule has 0 bridgehead atoms. The first-order valence-corrected chi connectivity index (χ1v) is 9.78. The summed E-state index contributed by atoms with van der Waals surface area (Å²) in [6, 6.07) is 11.3. The van der Waals surface area contributed by atoms with Crippen molar-refractivity contribution in [3.05, 3.63) is 77.3 Å². The lowest BCUT2D eigenvalue weighted by molar-refractivity contribution is -0.137. The Kier molecular flexibility index (Phi) is 4.27. The number of allylic oxidation sites excluding steroid dienone is 4. The summed E-state index contributed by atoms with van der Waals surface area (Å²) in [6.45, 7) is 0. The topological polar surface area (TPSA) is 49.0 Å².